The molecule has 2 aliphatic rings. The zero-order valence-corrected chi connectivity index (χ0v) is 19.4. The summed E-state index contributed by atoms with van der Waals surface area (Å²) in [6.45, 7) is 1.78. The first-order valence-electron chi connectivity index (χ1n) is 11.9. The molecule has 0 aromatic heterocycles. The van der Waals surface area contributed by atoms with E-state index in [9.17, 15) is 14.7 Å². The lowest BCUT2D eigenvalue weighted by atomic mass is 9.82. The Morgan fingerprint density at radius 1 is 1.12 bits per heavy atom. The van der Waals surface area contributed by atoms with Crippen LogP contribution in [-0.4, -0.2) is 47.5 Å². The molecule has 182 valence electrons. The molecule has 5 N–H and O–H groups in total. The van der Waals surface area contributed by atoms with E-state index in [1.54, 1.807) is 23.7 Å². The zero-order chi connectivity index (χ0) is 24.2. The first-order chi connectivity index (χ1) is 16.6. The van der Waals surface area contributed by atoms with Crippen molar-refractivity contribution in [3.63, 3.8) is 0 Å². The molecule has 3 rings (SSSR count). The number of dihydropyridines is 2. The molecule has 2 aliphatic heterocycles. The number of unbranched alkanes of at least 4 members (excludes halogenated alkanes) is 4. The Balaban J connectivity index is 1.60. The highest BCUT2D eigenvalue weighted by atomic mass is 16.5. The van der Waals surface area contributed by atoms with Crippen LogP contribution in [0.2, 0.25) is 0 Å². The smallest absolute Gasteiger partial charge is 0.251 e. The van der Waals surface area contributed by atoms with Crippen LogP contribution in [0.3, 0.4) is 0 Å². The first-order valence-corrected chi connectivity index (χ1v) is 11.9. The highest BCUT2D eigenvalue weighted by molar-refractivity contribution is 6.05. The van der Waals surface area contributed by atoms with Gasteiger partial charge in [0.05, 0.1) is 11.4 Å². The molecule has 1 atom stereocenters. The van der Waals surface area contributed by atoms with Crippen molar-refractivity contribution in [2.24, 2.45) is 4.99 Å². The lowest BCUT2D eigenvalue weighted by molar-refractivity contribution is -0.129. The van der Waals surface area contributed by atoms with E-state index >= 15 is 0 Å². The molecule has 8 heteroatoms. The number of nitrogens with one attached hydrogen (secondary N) is 3. The highest BCUT2D eigenvalue weighted by Gasteiger charge is 2.39. The van der Waals surface area contributed by atoms with E-state index in [1.807, 2.05) is 36.4 Å². The molecule has 1 unspecified atom stereocenters. The van der Waals surface area contributed by atoms with Gasteiger partial charge in [0.2, 0.25) is 5.91 Å². The van der Waals surface area contributed by atoms with E-state index in [4.69, 9.17) is 5.21 Å². The molecule has 0 radical (unpaired) electrons. The monoisotopic (exact) mass is 466 g/mol. The normalized spacial score (nSPS) is 16.6. The minimum Gasteiger partial charge on any atom is -0.382 e. The summed E-state index contributed by atoms with van der Waals surface area (Å²) in [5.74, 6) is -0.546. The van der Waals surface area contributed by atoms with Crippen molar-refractivity contribution >= 4 is 17.5 Å². The number of amides is 2. The Labute approximate surface area is 200 Å². The summed E-state index contributed by atoms with van der Waals surface area (Å²) in [5, 5.41) is 26.6. The number of benzene rings is 1. The van der Waals surface area contributed by atoms with Crippen molar-refractivity contribution in [3.8, 4) is 0 Å². The number of nitrogens with zero attached hydrogens (tertiary/aromatic N) is 1. The number of carbonyl (C=O) groups is 2. The van der Waals surface area contributed by atoms with Gasteiger partial charge in [0.15, 0.2) is 5.60 Å². The summed E-state index contributed by atoms with van der Waals surface area (Å²) in [7, 11) is 0. The predicted octanol–water partition coefficient (Wildman–Crippen LogP) is 2.89. The molecule has 2 amide bonds. The van der Waals surface area contributed by atoms with E-state index in [-0.39, 0.29) is 11.8 Å². The van der Waals surface area contributed by atoms with Gasteiger partial charge in [-0.15, -0.1) is 0 Å². The molecule has 8 nitrogen and oxygen atoms in total. The summed E-state index contributed by atoms with van der Waals surface area (Å²) in [4.78, 5) is 28.3. The fraction of sp³-hybridized carbons (Fsp3) is 0.423. The van der Waals surface area contributed by atoms with E-state index < -0.39 is 5.60 Å². The molecule has 1 aromatic carbocycles. The number of aliphatic imine (C=N–C) groups is 1. The van der Waals surface area contributed by atoms with Crippen LogP contribution < -0.4 is 16.1 Å². The number of rotatable bonds is 12. The number of hydrogen-bond acceptors (Lipinski definition) is 6. The van der Waals surface area contributed by atoms with Gasteiger partial charge in [-0.2, -0.15) is 0 Å². The maximum Gasteiger partial charge on any atom is 0.251 e. The number of carbonyl (C=O) groups excluding carboxylic acids is 2. The van der Waals surface area contributed by atoms with Crippen LogP contribution in [0.1, 0.15) is 60.9 Å². The minimum absolute atomic E-state index is 0.185. The summed E-state index contributed by atoms with van der Waals surface area (Å²) in [6.07, 6.45) is 15.1. The molecule has 1 aromatic rings. The van der Waals surface area contributed by atoms with Gasteiger partial charge in [0, 0.05) is 31.6 Å². The largest absolute Gasteiger partial charge is 0.382 e. The van der Waals surface area contributed by atoms with Crippen molar-refractivity contribution in [2.75, 3.05) is 19.6 Å². The van der Waals surface area contributed by atoms with E-state index in [0.717, 1.165) is 38.5 Å². The lowest BCUT2D eigenvalue weighted by Crippen LogP contribution is -2.43. The maximum atomic E-state index is 12.8. The van der Waals surface area contributed by atoms with Crippen molar-refractivity contribution in [3.05, 3.63) is 71.5 Å². The Morgan fingerprint density at radius 3 is 2.68 bits per heavy atom. The average Bonchev–Trinajstić information content (AvgIpc) is 2.90. The Morgan fingerprint density at radius 2 is 1.94 bits per heavy atom. The quantitative estimate of drug-likeness (QED) is 0.184. The molecule has 34 heavy (non-hydrogen) atoms. The van der Waals surface area contributed by atoms with Crippen LogP contribution in [-0.2, 0) is 10.4 Å². The molecule has 0 fully saturated rings. The molecule has 0 aliphatic carbocycles. The second-order valence-corrected chi connectivity index (χ2v) is 8.45. The SMILES string of the molecule is O=C(CCCCCCCNC(=O)c1cccc(C(O)(C2=CC=CCN2)C2=NCCC=C2)c1)NO. The molecule has 0 bridgehead atoms. The fourth-order valence-electron chi connectivity index (χ4n) is 4.08. The molecule has 2 heterocycles. The van der Waals surface area contributed by atoms with Crippen LogP contribution in [0.4, 0.5) is 0 Å². The summed E-state index contributed by atoms with van der Waals surface area (Å²) < 4.78 is 0. The van der Waals surface area contributed by atoms with Gasteiger partial charge in [-0.05, 0) is 49.1 Å². The van der Waals surface area contributed by atoms with Gasteiger partial charge >= 0.3 is 0 Å². The van der Waals surface area contributed by atoms with Crippen molar-refractivity contribution in [2.45, 2.75) is 50.5 Å². The standard InChI is InChI=1S/C26H34N4O4/c31-24(30-34)15-4-2-1-3-7-18-29-25(32)20-11-10-12-21(19-20)26(33,22-13-5-8-16-27-22)23-14-6-9-17-28-23/h5-6,8,10-14,19,27,33-34H,1-4,7,9,15-18H2,(H,29,32)(H,30,31). The van der Waals surface area contributed by atoms with Gasteiger partial charge in [0.1, 0.15) is 0 Å². The van der Waals surface area contributed by atoms with E-state index in [0.29, 0.717) is 48.6 Å². The second-order valence-electron chi connectivity index (χ2n) is 8.45. The number of hydroxylamine groups is 1. The Kier molecular flexibility index (Phi) is 9.61. The molecular formula is C26H34N4O4. The van der Waals surface area contributed by atoms with Crippen LogP contribution >= 0.6 is 0 Å². The third-order valence-electron chi connectivity index (χ3n) is 5.96. The predicted molar refractivity (Wildman–Crippen MR) is 132 cm³/mol. The van der Waals surface area contributed by atoms with E-state index in [2.05, 4.69) is 15.6 Å². The van der Waals surface area contributed by atoms with Gasteiger partial charge in [-0.1, -0.05) is 49.6 Å². The van der Waals surface area contributed by atoms with Crippen molar-refractivity contribution in [1.29, 1.82) is 0 Å². The maximum absolute atomic E-state index is 12.8. The van der Waals surface area contributed by atoms with E-state index in [1.165, 1.54) is 0 Å². The summed E-state index contributed by atoms with van der Waals surface area (Å²) in [5.41, 5.74) is 2.43. The van der Waals surface area contributed by atoms with Gasteiger partial charge in [-0.25, -0.2) is 5.48 Å². The third-order valence-corrected chi connectivity index (χ3v) is 5.96. The van der Waals surface area contributed by atoms with Gasteiger partial charge in [-0.3, -0.25) is 19.8 Å². The summed E-state index contributed by atoms with van der Waals surface area (Å²) >= 11 is 0. The zero-order valence-electron chi connectivity index (χ0n) is 19.4. The first kappa shape index (κ1) is 25.4. The molecule has 0 saturated heterocycles. The molecule has 0 spiro atoms. The van der Waals surface area contributed by atoms with Crippen LogP contribution in [0.5, 0.6) is 0 Å². The van der Waals surface area contributed by atoms with Crippen LogP contribution in [0.15, 0.2) is 65.3 Å². The summed E-state index contributed by atoms with van der Waals surface area (Å²) in [6, 6.07) is 7.07. The fourth-order valence-corrected chi connectivity index (χ4v) is 4.08. The van der Waals surface area contributed by atoms with Gasteiger partial charge < -0.3 is 15.7 Å². The number of allylic oxidation sites excluding steroid dienone is 2. The Hall–Kier alpha value is -3.23. The van der Waals surface area contributed by atoms with Crippen molar-refractivity contribution < 1.29 is 19.9 Å². The lowest BCUT2D eigenvalue weighted by Gasteiger charge is -2.34. The Bertz CT molecular complexity index is 983. The van der Waals surface area contributed by atoms with Crippen molar-refractivity contribution in [1.82, 2.24) is 16.1 Å². The van der Waals surface area contributed by atoms with Gasteiger partial charge in [0.25, 0.3) is 5.91 Å². The number of aliphatic hydroxyl groups is 1. The molecular weight excluding hydrogens is 432 g/mol. The minimum atomic E-state index is -1.47. The van der Waals surface area contributed by atoms with Crippen LogP contribution in [0, 0.1) is 0 Å². The topological polar surface area (TPSA) is 123 Å². The van der Waals surface area contributed by atoms with Crippen LogP contribution in [0.25, 0.3) is 0 Å². The average molecular weight is 467 g/mol. The third kappa shape index (κ3) is 6.65. The molecule has 0 saturated carbocycles. The number of hydrogen-bond donors (Lipinski definition) is 5. The second kappa shape index (κ2) is 12.9. The highest BCUT2D eigenvalue weighted by Crippen LogP contribution is 2.33.